The fraction of sp³-hybridized carbons (Fsp3) is 0.389. The molecule has 0 radical (unpaired) electrons. The van der Waals surface area contributed by atoms with Crippen LogP contribution in [0.15, 0.2) is 48.1 Å². The van der Waals surface area contributed by atoms with Gasteiger partial charge >= 0.3 is 11.9 Å². The molecule has 0 spiro atoms. The Bertz CT molecular complexity index is 603. The second kappa shape index (κ2) is 7.40. The van der Waals surface area contributed by atoms with Crippen molar-refractivity contribution in [1.82, 2.24) is 0 Å². The Hall–Kier alpha value is -2.17. The van der Waals surface area contributed by atoms with Gasteiger partial charge in [0.1, 0.15) is 5.75 Å². The zero-order valence-electron chi connectivity index (χ0n) is 13.2. The van der Waals surface area contributed by atoms with E-state index < -0.39 is 24.2 Å². The number of methoxy groups -OCH3 is 1. The van der Waals surface area contributed by atoms with E-state index in [9.17, 15) is 13.6 Å². The fourth-order valence-corrected chi connectivity index (χ4v) is 2.60. The van der Waals surface area contributed by atoms with E-state index in [0.717, 1.165) is 11.1 Å². The number of allylic oxidation sites excluding steroid dienone is 4. The average Bonchev–Trinajstić information content (AvgIpc) is 3.07. The molecule has 0 amide bonds. The van der Waals surface area contributed by atoms with Crippen molar-refractivity contribution in [2.75, 3.05) is 13.7 Å². The van der Waals surface area contributed by atoms with Crippen molar-refractivity contribution in [2.45, 2.75) is 31.6 Å². The van der Waals surface area contributed by atoms with Gasteiger partial charge in [-0.3, -0.25) is 0 Å². The number of halogens is 2. The normalized spacial score (nSPS) is 15.2. The molecule has 5 heteroatoms. The molecular formula is C18H20F2O3. The molecule has 0 saturated carbocycles. The van der Waals surface area contributed by atoms with Crippen molar-refractivity contribution in [3.8, 4) is 5.75 Å². The molecule has 0 saturated heterocycles. The van der Waals surface area contributed by atoms with Crippen LogP contribution in [0.2, 0.25) is 0 Å². The number of carbonyl (C=O) groups is 1. The molecule has 3 nitrogen and oxygen atoms in total. The molecule has 1 aliphatic carbocycles. The minimum atomic E-state index is -3.52. The van der Waals surface area contributed by atoms with Crippen LogP contribution in [0.3, 0.4) is 0 Å². The number of benzene rings is 1. The lowest BCUT2D eigenvalue weighted by Gasteiger charge is -2.24. The number of ether oxygens (including phenoxy) is 2. The van der Waals surface area contributed by atoms with Crippen LogP contribution in [0.4, 0.5) is 8.78 Å². The van der Waals surface area contributed by atoms with Crippen LogP contribution in [0.1, 0.15) is 31.2 Å². The number of carbonyl (C=O) groups excluding carboxylic acids is 1. The van der Waals surface area contributed by atoms with Crippen molar-refractivity contribution < 1.29 is 23.0 Å². The first-order valence-corrected chi connectivity index (χ1v) is 7.52. The van der Waals surface area contributed by atoms with E-state index in [1.165, 1.54) is 6.92 Å². The van der Waals surface area contributed by atoms with Crippen LogP contribution in [0.5, 0.6) is 5.75 Å². The predicted molar refractivity (Wildman–Crippen MR) is 83.8 cm³/mol. The van der Waals surface area contributed by atoms with Gasteiger partial charge in [-0.1, -0.05) is 35.9 Å². The van der Waals surface area contributed by atoms with Gasteiger partial charge in [-0.2, -0.15) is 8.78 Å². The van der Waals surface area contributed by atoms with E-state index in [4.69, 9.17) is 4.74 Å². The SMILES string of the molecule is CCOC(=O)C(F)(F)CC(C1=CC=CC1)c1ccc(OC)cc1. The van der Waals surface area contributed by atoms with Crippen molar-refractivity contribution in [2.24, 2.45) is 0 Å². The Morgan fingerprint density at radius 1 is 1.30 bits per heavy atom. The lowest BCUT2D eigenvalue weighted by molar-refractivity contribution is -0.172. The molecule has 1 aromatic carbocycles. The van der Waals surface area contributed by atoms with Crippen LogP contribution in [0.25, 0.3) is 0 Å². The van der Waals surface area contributed by atoms with Gasteiger partial charge in [0.25, 0.3) is 0 Å². The molecule has 0 heterocycles. The smallest absolute Gasteiger partial charge is 0.376 e. The summed E-state index contributed by atoms with van der Waals surface area (Å²) in [5, 5.41) is 0. The van der Waals surface area contributed by atoms with Gasteiger partial charge in [0.05, 0.1) is 13.7 Å². The third-order valence-corrected chi connectivity index (χ3v) is 3.80. The molecule has 23 heavy (non-hydrogen) atoms. The van der Waals surface area contributed by atoms with Crippen LogP contribution in [-0.2, 0) is 9.53 Å². The first-order valence-electron chi connectivity index (χ1n) is 7.52. The monoisotopic (exact) mass is 322 g/mol. The summed E-state index contributed by atoms with van der Waals surface area (Å²) in [4.78, 5) is 11.5. The topological polar surface area (TPSA) is 35.5 Å². The average molecular weight is 322 g/mol. The van der Waals surface area contributed by atoms with Gasteiger partial charge in [-0.15, -0.1) is 0 Å². The Morgan fingerprint density at radius 2 is 2.00 bits per heavy atom. The highest BCUT2D eigenvalue weighted by atomic mass is 19.3. The number of hydrogen-bond acceptors (Lipinski definition) is 3. The molecule has 0 fully saturated rings. The van der Waals surface area contributed by atoms with Crippen LogP contribution in [-0.4, -0.2) is 25.6 Å². The van der Waals surface area contributed by atoms with E-state index in [1.807, 2.05) is 18.2 Å². The summed E-state index contributed by atoms with van der Waals surface area (Å²) in [6, 6.07) is 6.97. The van der Waals surface area contributed by atoms with Gasteiger partial charge in [-0.25, -0.2) is 4.79 Å². The molecular weight excluding hydrogens is 302 g/mol. The molecule has 1 aliphatic rings. The third kappa shape index (κ3) is 4.18. The molecule has 0 bridgehead atoms. The van der Waals surface area contributed by atoms with E-state index in [-0.39, 0.29) is 6.61 Å². The van der Waals surface area contributed by atoms with Gasteiger partial charge in [0, 0.05) is 12.3 Å². The van der Waals surface area contributed by atoms with E-state index in [1.54, 1.807) is 31.4 Å². The molecule has 1 unspecified atom stereocenters. The Morgan fingerprint density at radius 3 is 2.52 bits per heavy atom. The van der Waals surface area contributed by atoms with E-state index in [0.29, 0.717) is 12.2 Å². The maximum absolute atomic E-state index is 14.2. The Labute approximate surface area is 134 Å². The lowest BCUT2D eigenvalue weighted by atomic mass is 9.85. The summed E-state index contributed by atoms with van der Waals surface area (Å²) in [6.07, 6.45) is 5.58. The zero-order chi connectivity index (χ0) is 16.9. The van der Waals surface area contributed by atoms with Gasteiger partial charge in [0.15, 0.2) is 0 Å². The first kappa shape index (κ1) is 17.2. The highest BCUT2D eigenvalue weighted by Gasteiger charge is 2.43. The van der Waals surface area contributed by atoms with Gasteiger partial charge < -0.3 is 9.47 Å². The van der Waals surface area contributed by atoms with Crippen LogP contribution >= 0.6 is 0 Å². The minimum absolute atomic E-state index is 0.0636. The second-order valence-corrected chi connectivity index (χ2v) is 5.33. The Balaban J connectivity index is 2.25. The molecule has 0 N–H and O–H groups in total. The Kier molecular flexibility index (Phi) is 5.53. The molecule has 124 valence electrons. The van der Waals surface area contributed by atoms with Crippen LogP contribution < -0.4 is 4.74 Å². The quantitative estimate of drug-likeness (QED) is 0.704. The largest absolute Gasteiger partial charge is 0.497 e. The summed E-state index contributed by atoms with van der Waals surface area (Å²) in [5.74, 6) is -4.88. The fourth-order valence-electron chi connectivity index (χ4n) is 2.60. The van der Waals surface area contributed by atoms with E-state index >= 15 is 0 Å². The van der Waals surface area contributed by atoms with Gasteiger partial charge in [0.2, 0.25) is 0 Å². The maximum atomic E-state index is 14.2. The number of rotatable bonds is 7. The third-order valence-electron chi connectivity index (χ3n) is 3.80. The first-order chi connectivity index (χ1) is 11.0. The molecule has 2 rings (SSSR count). The molecule has 0 aromatic heterocycles. The van der Waals surface area contributed by atoms with Crippen LogP contribution in [0, 0.1) is 0 Å². The number of alkyl halides is 2. The lowest BCUT2D eigenvalue weighted by Crippen LogP contribution is -2.33. The number of esters is 1. The maximum Gasteiger partial charge on any atom is 0.376 e. The standard InChI is InChI=1S/C18H20F2O3/c1-3-23-17(21)18(19,20)12-16(13-6-4-5-7-13)14-8-10-15(22-2)11-9-14/h4-6,8-11,16H,3,7,12H2,1-2H3. The van der Waals surface area contributed by atoms with Crippen molar-refractivity contribution in [1.29, 1.82) is 0 Å². The number of hydrogen-bond donors (Lipinski definition) is 0. The van der Waals surface area contributed by atoms with E-state index in [2.05, 4.69) is 4.74 Å². The van der Waals surface area contributed by atoms with Gasteiger partial charge in [-0.05, 0) is 31.0 Å². The summed E-state index contributed by atoms with van der Waals surface area (Å²) < 4.78 is 38.0. The predicted octanol–water partition coefficient (Wildman–Crippen LogP) is 4.25. The second-order valence-electron chi connectivity index (χ2n) is 5.33. The summed E-state index contributed by atoms with van der Waals surface area (Å²) in [6.45, 7) is 1.45. The van der Waals surface area contributed by atoms with Crippen molar-refractivity contribution in [3.05, 3.63) is 53.6 Å². The molecule has 0 aliphatic heterocycles. The zero-order valence-corrected chi connectivity index (χ0v) is 13.2. The molecule has 1 aromatic rings. The highest BCUT2D eigenvalue weighted by molar-refractivity contribution is 5.77. The van der Waals surface area contributed by atoms with Crippen molar-refractivity contribution >= 4 is 5.97 Å². The van der Waals surface area contributed by atoms with Crippen molar-refractivity contribution in [3.63, 3.8) is 0 Å². The summed E-state index contributed by atoms with van der Waals surface area (Å²) in [5.41, 5.74) is 1.59. The molecule has 1 atom stereocenters. The highest BCUT2D eigenvalue weighted by Crippen LogP contribution is 2.39. The minimum Gasteiger partial charge on any atom is -0.497 e. The summed E-state index contributed by atoms with van der Waals surface area (Å²) >= 11 is 0. The summed E-state index contributed by atoms with van der Waals surface area (Å²) in [7, 11) is 1.55.